The number of hydrogen-bond donors (Lipinski definition) is 0. The SMILES string of the molecule is CCC(OC(=O)c1cc(-c2ccc(N3C(=O)C4CCC(C)CC4C3=O)cc2)nc2c(C)cccc12)C(=O)c1ccccc1. The summed E-state index contributed by atoms with van der Waals surface area (Å²) < 4.78 is 5.81. The van der Waals surface area contributed by atoms with E-state index >= 15 is 0 Å². The Morgan fingerprint density at radius 1 is 0.930 bits per heavy atom. The van der Waals surface area contributed by atoms with Crippen molar-refractivity contribution < 1.29 is 23.9 Å². The van der Waals surface area contributed by atoms with E-state index in [-0.39, 0.29) is 29.4 Å². The van der Waals surface area contributed by atoms with E-state index in [4.69, 9.17) is 9.72 Å². The number of anilines is 1. The normalized spacial score (nSPS) is 20.6. The smallest absolute Gasteiger partial charge is 0.339 e. The van der Waals surface area contributed by atoms with E-state index in [0.29, 0.717) is 45.7 Å². The van der Waals surface area contributed by atoms with Crippen molar-refractivity contribution in [1.82, 2.24) is 4.98 Å². The van der Waals surface area contributed by atoms with Gasteiger partial charge in [0.2, 0.25) is 17.6 Å². The van der Waals surface area contributed by atoms with Crippen LogP contribution in [0, 0.1) is 24.7 Å². The number of aryl methyl sites for hydroxylation is 1. The maximum atomic E-state index is 13.6. The molecule has 2 amide bonds. The fourth-order valence-corrected chi connectivity index (χ4v) is 6.44. The van der Waals surface area contributed by atoms with E-state index in [2.05, 4.69) is 6.92 Å². The third kappa shape index (κ3) is 5.24. The Labute approximate surface area is 250 Å². The van der Waals surface area contributed by atoms with Gasteiger partial charge in [-0.2, -0.15) is 0 Å². The van der Waals surface area contributed by atoms with Crippen LogP contribution >= 0.6 is 0 Å². The van der Waals surface area contributed by atoms with Crippen molar-refractivity contribution in [3.8, 4) is 11.3 Å². The Morgan fingerprint density at radius 2 is 1.65 bits per heavy atom. The molecular weight excluding hydrogens is 540 g/mol. The van der Waals surface area contributed by atoms with Crippen molar-refractivity contribution in [3.05, 3.63) is 95.6 Å². The lowest BCUT2D eigenvalue weighted by molar-refractivity contribution is -0.122. The highest BCUT2D eigenvalue weighted by molar-refractivity contribution is 6.22. The second-order valence-corrected chi connectivity index (χ2v) is 11.7. The van der Waals surface area contributed by atoms with Crippen LogP contribution in [0.3, 0.4) is 0 Å². The van der Waals surface area contributed by atoms with Gasteiger partial charge in [0.05, 0.1) is 34.3 Å². The number of hydrogen-bond acceptors (Lipinski definition) is 6. The fraction of sp³-hybridized carbons (Fsp3) is 0.306. The molecule has 43 heavy (non-hydrogen) atoms. The van der Waals surface area contributed by atoms with Crippen molar-refractivity contribution in [1.29, 1.82) is 0 Å². The molecule has 2 aliphatic rings. The number of esters is 1. The van der Waals surface area contributed by atoms with Crippen LogP contribution in [-0.2, 0) is 14.3 Å². The largest absolute Gasteiger partial charge is 0.450 e. The molecule has 1 saturated carbocycles. The standard InChI is InChI=1S/C36H34N2O5/c1-4-31(33(39)24-10-6-5-7-11-24)43-36(42)29-20-30(37-32-22(3)9-8-12-26(29)32)23-14-16-25(17-15-23)38-34(40)27-18-13-21(2)19-28(27)35(38)41/h5-12,14-17,20-21,27-28,31H,4,13,18-19H2,1-3H3. The number of carbonyl (C=O) groups excluding carboxylic acids is 4. The van der Waals surface area contributed by atoms with Crippen LogP contribution < -0.4 is 4.90 Å². The number of Topliss-reactive ketones (excluding diaryl/α,β-unsaturated/α-hetero) is 1. The van der Waals surface area contributed by atoms with Crippen LogP contribution in [0.4, 0.5) is 5.69 Å². The monoisotopic (exact) mass is 574 g/mol. The van der Waals surface area contributed by atoms with Gasteiger partial charge < -0.3 is 4.74 Å². The summed E-state index contributed by atoms with van der Waals surface area (Å²) in [5.74, 6) is -1.12. The zero-order chi connectivity index (χ0) is 30.2. The first-order chi connectivity index (χ1) is 20.8. The third-order valence-corrected chi connectivity index (χ3v) is 8.84. The van der Waals surface area contributed by atoms with Crippen molar-refractivity contribution in [2.45, 2.75) is 52.6 Å². The van der Waals surface area contributed by atoms with Crippen LogP contribution in [0.2, 0.25) is 0 Å². The van der Waals surface area contributed by atoms with Gasteiger partial charge in [-0.05, 0) is 62.3 Å². The summed E-state index contributed by atoms with van der Waals surface area (Å²) >= 11 is 0. The van der Waals surface area contributed by atoms with Gasteiger partial charge in [-0.15, -0.1) is 0 Å². The van der Waals surface area contributed by atoms with Crippen molar-refractivity contribution in [2.24, 2.45) is 17.8 Å². The summed E-state index contributed by atoms with van der Waals surface area (Å²) in [5.41, 5.74) is 4.16. The second-order valence-electron chi connectivity index (χ2n) is 11.7. The molecule has 4 atom stereocenters. The number of benzene rings is 3. The lowest BCUT2D eigenvalue weighted by Crippen LogP contribution is -2.30. The number of para-hydroxylation sites is 1. The van der Waals surface area contributed by atoms with E-state index in [9.17, 15) is 19.2 Å². The zero-order valence-corrected chi connectivity index (χ0v) is 24.6. The van der Waals surface area contributed by atoms with E-state index in [1.165, 1.54) is 4.90 Å². The first-order valence-electron chi connectivity index (χ1n) is 15.0. The lowest BCUT2D eigenvalue weighted by Gasteiger charge is -2.25. The van der Waals surface area contributed by atoms with E-state index < -0.39 is 12.1 Å². The number of fused-ring (bicyclic) bond motifs is 2. The van der Waals surface area contributed by atoms with E-state index in [1.54, 1.807) is 42.5 Å². The van der Waals surface area contributed by atoms with Crippen LogP contribution in [-0.4, -0.2) is 34.7 Å². The minimum absolute atomic E-state index is 0.116. The third-order valence-electron chi connectivity index (χ3n) is 8.84. The lowest BCUT2D eigenvalue weighted by atomic mass is 9.76. The molecule has 7 nitrogen and oxygen atoms in total. The Kier molecular flexibility index (Phi) is 7.65. The highest BCUT2D eigenvalue weighted by Gasteiger charge is 2.49. The number of aromatic nitrogens is 1. The van der Waals surface area contributed by atoms with Gasteiger partial charge in [0.1, 0.15) is 0 Å². The quantitative estimate of drug-likeness (QED) is 0.135. The molecule has 6 rings (SSSR count). The predicted molar refractivity (Wildman–Crippen MR) is 165 cm³/mol. The van der Waals surface area contributed by atoms with Crippen molar-refractivity contribution in [3.63, 3.8) is 0 Å². The van der Waals surface area contributed by atoms with Gasteiger partial charge in [0, 0.05) is 16.5 Å². The number of rotatable bonds is 7. The van der Waals surface area contributed by atoms with Gasteiger partial charge in [-0.3, -0.25) is 19.3 Å². The summed E-state index contributed by atoms with van der Waals surface area (Å²) in [5, 5.41) is 0.637. The Morgan fingerprint density at radius 3 is 2.37 bits per heavy atom. The number of carbonyl (C=O) groups is 4. The van der Waals surface area contributed by atoms with Gasteiger partial charge in [-0.1, -0.05) is 74.5 Å². The predicted octanol–water partition coefficient (Wildman–Crippen LogP) is 6.95. The van der Waals surface area contributed by atoms with Gasteiger partial charge in [0.15, 0.2) is 6.10 Å². The molecule has 0 spiro atoms. The average Bonchev–Trinajstić information content (AvgIpc) is 3.27. The first kappa shape index (κ1) is 28.5. The van der Waals surface area contributed by atoms with Crippen LogP contribution in [0.5, 0.6) is 0 Å². The Bertz CT molecular complexity index is 1730. The highest BCUT2D eigenvalue weighted by atomic mass is 16.5. The molecule has 2 heterocycles. The molecule has 0 bridgehead atoms. The number of amides is 2. The topological polar surface area (TPSA) is 93.6 Å². The molecular formula is C36H34N2O5. The van der Waals surface area contributed by atoms with Gasteiger partial charge >= 0.3 is 5.97 Å². The average molecular weight is 575 g/mol. The highest BCUT2D eigenvalue weighted by Crippen LogP contribution is 2.42. The Hall–Kier alpha value is -4.65. The summed E-state index contributed by atoms with van der Waals surface area (Å²) in [6.45, 7) is 5.87. The van der Waals surface area contributed by atoms with Crippen molar-refractivity contribution in [2.75, 3.05) is 4.90 Å². The molecule has 218 valence electrons. The van der Waals surface area contributed by atoms with Crippen molar-refractivity contribution >= 4 is 40.2 Å². The molecule has 4 aromatic rings. The zero-order valence-electron chi connectivity index (χ0n) is 24.6. The minimum atomic E-state index is -0.923. The molecule has 1 aliphatic heterocycles. The number of ketones is 1. The van der Waals surface area contributed by atoms with E-state index in [0.717, 1.165) is 30.4 Å². The summed E-state index contributed by atoms with van der Waals surface area (Å²) in [7, 11) is 0. The minimum Gasteiger partial charge on any atom is -0.450 e. The molecule has 7 heteroatoms. The summed E-state index contributed by atoms with van der Waals surface area (Å²) in [6.07, 6.45) is 1.88. The molecule has 1 aliphatic carbocycles. The van der Waals surface area contributed by atoms with Crippen LogP contribution in [0.25, 0.3) is 22.2 Å². The first-order valence-corrected chi connectivity index (χ1v) is 15.0. The molecule has 0 N–H and O–H groups in total. The fourth-order valence-electron chi connectivity index (χ4n) is 6.44. The van der Waals surface area contributed by atoms with Gasteiger partial charge in [-0.25, -0.2) is 9.78 Å². The molecule has 1 saturated heterocycles. The number of pyridine rings is 1. The second kappa shape index (κ2) is 11.6. The maximum Gasteiger partial charge on any atom is 0.339 e. The number of ether oxygens (including phenoxy) is 1. The van der Waals surface area contributed by atoms with E-state index in [1.807, 2.05) is 50.2 Å². The Balaban J connectivity index is 1.32. The molecule has 3 aromatic carbocycles. The number of nitrogens with zero attached hydrogens (tertiary/aromatic N) is 2. The number of imide groups is 1. The van der Waals surface area contributed by atoms with Gasteiger partial charge in [0.25, 0.3) is 0 Å². The maximum absolute atomic E-state index is 13.6. The molecule has 1 aromatic heterocycles. The van der Waals surface area contributed by atoms with Crippen LogP contribution in [0.1, 0.15) is 65.8 Å². The summed E-state index contributed by atoms with van der Waals surface area (Å²) in [4.78, 5) is 59.3. The molecule has 2 fully saturated rings. The molecule has 4 unspecified atom stereocenters. The summed E-state index contributed by atoms with van der Waals surface area (Å²) in [6, 6.07) is 23.3. The molecule has 0 radical (unpaired) electrons. The van der Waals surface area contributed by atoms with Crippen LogP contribution in [0.15, 0.2) is 78.9 Å².